The zero-order valence-corrected chi connectivity index (χ0v) is 19.4. The van der Waals surface area contributed by atoms with Gasteiger partial charge in [0.1, 0.15) is 12.4 Å². The Morgan fingerprint density at radius 3 is 2.52 bits per heavy atom. The minimum absolute atomic E-state index is 0.0187. The SMILES string of the molecule is COCCOc1ccccc1C(=O)N1CCN(C(C)c2nc(-c3ccc(C)cc3)no2)CC1. The molecule has 4 rings (SSSR count). The molecule has 1 amide bonds. The summed E-state index contributed by atoms with van der Waals surface area (Å²) in [5.74, 6) is 1.75. The summed E-state index contributed by atoms with van der Waals surface area (Å²) >= 11 is 0. The van der Waals surface area contributed by atoms with Gasteiger partial charge in [-0.05, 0) is 26.0 Å². The van der Waals surface area contributed by atoms with Crippen molar-refractivity contribution < 1.29 is 18.8 Å². The van der Waals surface area contributed by atoms with Gasteiger partial charge in [0.2, 0.25) is 11.7 Å². The van der Waals surface area contributed by atoms with Crippen LogP contribution in [0.15, 0.2) is 53.1 Å². The van der Waals surface area contributed by atoms with Gasteiger partial charge in [0.05, 0.1) is 18.2 Å². The maximum atomic E-state index is 13.1. The van der Waals surface area contributed by atoms with E-state index in [-0.39, 0.29) is 11.9 Å². The number of nitrogens with zero attached hydrogens (tertiary/aromatic N) is 4. The highest BCUT2D eigenvalue weighted by atomic mass is 16.5. The van der Waals surface area contributed by atoms with E-state index in [0.717, 1.165) is 18.7 Å². The molecule has 3 aromatic rings. The van der Waals surface area contributed by atoms with Crippen LogP contribution in [0.1, 0.15) is 34.8 Å². The van der Waals surface area contributed by atoms with E-state index in [4.69, 9.17) is 14.0 Å². The molecule has 1 saturated heterocycles. The summed E-state index contributed by atoms with van der Waals surface area (Å²) in [6.07, 6.45) is 0. The molecule has 0 N–H and O–H groups in total. The number of methoxy groups -OCH3 is 1. The lowest BCUT2D eigenvalue weighted by Gasteiger charge is -2.37. The van der Waals surface area contributed by atoms with Crippen LogP contribution in [0.2, 0.25) is 0 Å². The topological polar surface area (TPSA) is 80.9 Å². The lowest BCUT2D eigenvalue weighted by Crippen LogP contribution is -2.49. The number of hydrogen-bond donors (Lipinski definition) is 0. The van der Waals surface area contributed by atoms with Gasteiger partial charge in [0, 0.05) is 38.9 Å². The van der Waals surface area contributed by atoms with E-state index in [1.165, 1.54) is 5.56 Å². The molecule has 8 heteroatoms. The van der Waals surface area contributed by atoms with Crippen LogP contribution in [0.25, 0.3) is 11.4 Å². The van der Waals surface area contributed by atoms with Crippen LogP contribution in [-0.4, -0.2) is 72.4 Å². The van der Waals surface area contributed by atoms with Crippen molar-refractivity contribution in [2.75, 3.05) is 46.5 Å². The zero-order valence-electron chi connectivity index (χ0n) is 19.4. The molecule has 1 aliphatic rings. The molecular formula is C25H30N4O4. The van der Waals surface area contributed by atoms with Crippen molar-refractivity contribution in [3.05, 3.63) is 65.5 Å². The first-order chi connectivity index (χ1) is 16.1. The van der Waals surface area contributed by atoms with E-state index in [2.05, 4.69) is 22.0 Å². The molecule has 0 bridgehead atoms. The number of benzene rings is 2. The van der Waals surface area contributed by atoms with Crippen molar-refractivity contribution in [3.63, 3.8) is 0 Å². The van der Waals surface area contributed by atoms with Gasteiger partial charge in [0.25, 0.3) is 5.91 Å². The lowest BCUT2D eigenvalue weighted by molar-refractivity contribution is 0.0546. The van der Waals surface area contributed by atoms with Crippen molar-refractivity contribution in [3.8, 4) is 17.1 Å². The third-order valence-electron chi connectivity index (χ3n) is 5.92. The Labute approximate surface area is 194 Å². The molecule has 8 nitrogen and oxygen atoms in total. The number of ether oxygens (including phenoxy) is 2. The lowest BCUT2D eigenvalue weighted by atomic mass is 10.1. The smallest absolute Gasteiger partial charge is 0.257 e. The Balaban J connectivity index is 1.36. The first-order valence-electron chi connectivity index (χ1n) is 11.2. The molecule has 1 aliphatic heterocycles. The Morgan fingerprint density at radius 1 is 1.06 bits per heavy atom. The number of carbonyl (C=O) groups excluding carboxylic acids is 1. The van der Waals surface area contributed by atoms with E-state index < -0.39 is 0 Å². The normalized spacial score (nSPS) is 15.4. The second-order valence-electron chi connectivity index (χ2n) is 8.16. The number of amides is 1. The number of carbonyl (C=O) groups is 1. The van der Waals surface area contributed by atoms with Crippen LogP contribution < -0.4 is 4.74 Å². The maximum absolute atomic E-state index is 13.1. The first-order valence-corrected chi connectivity index (χ1v) is 11.2. The molecule has 174 valence electrons. The second-order valence-corrected chi connectivity index (χ2v) is 8.16. The minimum Gasteiger partial charge on any atom is -0.490 e. The average Bonchev–Trinajstić information content (AvgIpc) is 3.34. The first kappa shape index (κ1) is 22.9. The van der Waals surface area contributed by atoms with E-state index >= 15 is 0 Å². The van der Waals surface area contributed by atoms with Gasteiger partial charge in [-0.3, -0.25) is 9.69 Å². The van der Waals surface area contributed by atoms with E-state index in [1.54, 1.807) is 7.11 Å². The van der Waals surface area contributed by atoms with Gasteiger partial charge in [-0.25, -0.2) is 0 Å². The maximum Gasteiger partial charge on any atom is 0.257 e. The molecule has 2 heterocycles. The largest absolute Gasteiger partial charge is 0.490 e. The van der Waals surface area contributed by atoms with Gasteiger partial charge in [-0.1, -0.05) is 47.1 Å². The van der Waals surface area contributed by atoms with Crippen LogP contribution in [0, 0.1) is 6.92 Å². The highest BCUT2D eigenvalue weighted by Crippen LogP contribution is 2.25. The monoisotopic (exact) mass is 450 g/mol. The fourth-order valence-corrected chi connectivity index (χ4v) is 3.87. The standard InChI is InChI=1S/C25H30N4O4/c1-18-8-10-20(11-9-18)23-26-24(33-27-23)19(2)28-12-14-29(15-13-28)25(30)21-6-4-5-7-22(21)32-17-16-31-3/h4-11,19H,12-17H2,1-3H3. The molecule has 1 unspecified atom stereocenters. The van der Waals surface area contributed by atoms with E-state index in [9.17, 15) is 4.79 Å². The van der Waals surface area contributed by atoms with Gasteiger partial charge >= 0.3 is 0 Å². The Bertz CT molecular complexity index is 1060. The molecular weight excluding hydrogens is 420 g/mol. The summed E-state index contributed by atoms with van der Waals surface area (Å²) in [5, 5.41) is 4.16. The number of piperazine rings is 1. The molecule has 0 radical (unpaired) electrons. The number of aryl methyl sites for hydroxylation is 1. The van der Waals surface area contributed by atoms with Crippen LogP contribution >= 0.6 is 0 Å². The molecule has 1 fully saturated rings. The summed E-state index contributed by atoms with van der Waals surface area (Å²) < 4.78 is 16.3. The Hall–Kier alpha value is -3.23. The van der Waals surface area contributed by atoms with Crippen LogP contribution in [0.5, 0.6) is 5.75 Å². The third kappa shape index (κ3) is 5.40. The molecule has 0 saturated carbocycles. The Morgan fingerprint density at radius 2 is 1.79 bits per heavy atom. The van der Waals surface area contributed by atoms with Crippen molar-refractivity contribution in [2.45, 2.75) is 19.9 Å². The molecule has 0 aliphatic carbocycles. The quantitative estimate of drug-likeness (QED) is 0.485. The summed E-state index contributed by atoms with van der Waals surface area (Å²) in [6.45, 7) is 7.67. The molecule has 2 aromatic carbocycles. The van der Waals surface area contributed by atoms with Gasteiger partial charge in [-0.2, -0.15) is 4.98 Å². The number of hydrogen-bond acceptors (Lipinski definition) is 7. The van der Waals surface area contributed by atoms with Crippen molar-refractivity contribution in [2.24, 2.45) is 0 Å². The highest BCUT2D eigenvalue weighted by Gasteiger charge is 2.29. The predicted octanol–water partition coefficient (Wildman–Crippen LogP) is 3.59. The third-order valence-corrected chi connectivity index (χ3v) is 5.92. The predicted molar refractivity (Wildman–Crippen MR) is 124 cm³/mol. The average molecular weight is 451 g/mol. The van der Waals surface area contributed by atoms with Gasteiger partial charge < -0.3 is 18.9 Å². The van der Waals surface area contributed by atoms with E-state index in [1.807, 2.05) is 60.4 Å². The van der Waals surface area contributed by atoms with Gasteiger partial charge in [0.15, 0.2) is 0 Å². The minimum atomic E-state index is -0.0291. The van der Waals surface area contributed by atoms with Crippen molar-refractivity contribution in [1.82, 2.24) is 19.9 Å². The summed E-state index contributed by atoms with van der Waals surface area (Å²) in [4.78, 5) is 21.9. The van der Waals surface area contributed by atoms with E-state index in [0.29, 0.717) is 49.3 Å². The molecule has 1 aromatic heterocycles. The number of aromatic nitrogens is 2. The summed E-state index contributed by atoms with van der Waals surface area (Å²) in [7, 11) is 1.62. The van der Waals surface area contributed by atoms with Crippen molar-refractivity contribution in [1.29, 1.82) is 0 Å². The number of rotatable bonds is 8. The number of para-hydroxylation sites is 1. The van der Waals surface area contributed by atoms with Crippen LogP contribution in [0.4, 0.5) is 0 Å². The molecule has 33 heavy (non-hydrogen) atoms. The highest BCUT2D eigenvalue weighted by molar-refractivity contribution is 5.97. The summed E-state index contributed by atoms with van der Waals surface area (Å²) in [5.41, 5.74) is 2.70. The zero-order chi connectivity index (χ0) is 23.2. The van der Waals surface area contributed by atoms with Crippen molar-refractivity contribution >= 4 is 5.91 Å². The van der Waals surface area contributed by atoms with Crippen LogP contribution in [-0.2, 0) is 4.74 Å². The fourth-order valence-electron chi connectivity index (χ4n) is 3.87. The van der Waals surface area contributed by atoms with Crippen LogP contribution in [0.3, 0.4) is 0 Å². The fraction of sp³-hybridized carbons (Fsp3) is 0.400. The summed E-state index contributed by atoms with van der Waals surface area (Å²) in [6, 6.07) is 15.4. The van der Waals surface area contributed by atoms with Gasteiger partial charge in [-0.15, -0.1) is 0 Å². The molecule has 1 atom stereocenters. The Kier molecular flexibility index (Phi) is 7.36. The second kappa shape index (κ2) is 10.6. The molecule has 0 spiro atoms.